The van der Waals surface area contributed by atoms with Gasteiger partial charge >= 0.3 is 0 Å². The van der Waals surface area contributed by atoms with Crippen molar-refractivity contribution in [2.75, 3.05) is 32.8 Å². The topological polar surface area (TPSA) is 85.4 Å². The van der Waals surface area contributed by atoms with Gasteiger partial charge in [0.25, 0.3) is 0 Å². The number of H-pyrrole nitrogens is 1. The van der Waals surface area contributed by atoms with Crippen molar-refractivity contribution >= 4 is 5.91 Å². The SMILES string of the molecule is Cc1[nH]cnc1CN1CCC2(CC1)CCN(C(=O)Cc1ccncc1)C[C@@H]2CO. The fourth-order valence-electron chi connectivity index (χ4n) is 4.95. The highest BCUT2D eigenvalue weighted by atomic mass is 16.3. The van der Waals surface area contributed by atoms with Crippen LogP contribution in [0, 0.1) is 18.3 Å². The lowest BCUT2D eigenvalue weighted by atomic mass is 9.64. The lowest BCUT2D eigenvalue weighted by molar-refractivity contribution is -0.137. The van der Waals surface area contributed by atoms with Crippen molar-refractivity contribution in [3.05, 3.63) is 47.8 Å². The van der Waals surface area contributed by atoms with Crippen LogP contribution in [0.3, 0.4) is 0 Å². The van der Waals surface area contributed by atoms with Gasteiger partial charge in [0.2, 0.25) is 5.91 Å². The highest BCUT2D eigenvalue weighted by Gasteiger charge is 2.45. The highest BCUT2D eigenvalue weighted by molar-refractivity contribution is 5.78. The third kappa shape index (κ3) is 4.36. The summed E-state index contributed by atoms with van der Waals surface area (Å²) in [5, 5.41) is 10.1. The highest BCUT2D eigenvalue weighted by Crippen LogP contribution is 2.45. The van der Waals surface area contributed by atoms with Crippen LogP contribution >= 0.6 is 0 Å². The van der Waals surface area contributed by atoms with E-state index in [-0.39, 0.29) is 23.8 Å². The van der Waals surface area contributed by atoms with Crippen LogP contribution in [0.4, 0.5) is 0 Å². The molecule has 29 heavy (non-hydrogen) atoms. The lowest BCUT2D eigenvalue weighted by Gasteiger charge is -2.51. The second kappa shape index (κ2) is 8.63. The Hall–Kier alpha value is -2.25. The number of nitrogens with zero attached hydrogens (tertiary/aromatic N) is 4. The Morgan fingerprint density at radius 2 is 1.97 bits per heavy atom. The van der Waals surface area contributed by atoms with Gasteiger partial charge in [-0.1, -0.05) is 0 Å². The molecule has 0 unspecified atom stereocenters. The van der Waals surface area contributed by atoms with E-state index in [2.05, 4.69) is 26.8 Å². The molecule has 2 aliphatic heterocycles. The number of aryl methyl sites for hydroxylation is 1. The second-order valence-electron chi connectivity index (χ2n) is 8.61. The molecule has 0 saturated carbocycles. The Balaban J connectivity index is 1.34. The summed E-state index contributed by atoms with van der Waals surface area (Å²) in [6.07, 6.45) is 8.75. The van der Waals surface area contributed by atoms with Gasteiger partial charge in [-0.15, -0.1) is 0 Å². The van der Waals surface area contributed by atoms with Crippen molar-refractivity contribution in [2.24, 2.45) is 11.3 Å². The van der Waals surface area contributed by atoms with E-state index in [0.717, 1.165) is 62.4 Å². The van der Waals surface area contributed by atoms with Gasteiger partial charge < -0.3 is 15.0 Å². The number of imidazole rings is 1. The molecule has 0 aromatic carbocycles. The number of likely N-dealkylation sites (tertiary alicyclic amines) is 2. The normalized spacial score (nSPS) is 22.1. The molecule has 4 heterocycles. The van der Waals surface area contributed by atoms with Crippen LogP contribution in [-0.2, 0) is 17.8 Å². The number of hydrogen-bond donors (Lipinski definition) is 2. The largest absolute Gasteiger partial charge is 0.396 e. The molecular formula is C22H31N5O2. The van der Waals surface area contributed by atoms with E-state index in [4.69, 9.17) is 0 Å². The first-order valence-electron chi connectivity index (χ1n) is 10.6. The maximum absolute atomic E-state index is 12.8. The van der Waals surface area contributed by atoms with E-state index in [0.29, 0.717) is 13.0 Å². The van der Waals surface area contributed by atoms with Crippen molar-refractivity contribution in [1.29, 1.82) is 0 Å². The van der Waals surface area contributed by atoms with Crippen molar-refractivity contribution in [2.45, 2.75) is 39.2 Å². The molecule has 2 fully saturated rings. The van der Waals surface area contributed by atoms with Gasteiger partial charge in [-0.3, -0.25) is 14.7 Å². The van der Waals surface area contributed by atoms with Gasteiger partial charge in [-0.2, -0.15) is 0 Å². The monoisotopic (exact) mass is 397 g/mol. The van der Waals surface area contributed by atoms with Crippen LogP contribution in [0.1, 0.15) is 36.2 Å². The predicted molar refractivity (Wildman–Crippen MR) is 110 cm³/mol. The number of aromatic amines is 1. The minimum Gasteiger partial charge on any atom is -0.396 e. The summed E-state index contributed by atoms with van der Waals surface area (Å²) in [6.45, 7) is 6.59. The average Bonchev–Trinajstić information content (AvgIpc) is 3.15. The zero-order chi connectivity index (χ0) is 20.3. The molecule has 1 spiro atoms. The molecule has 0 radical (unpaired) electrons. The zero-order valence-electron chi connectivity index (χ0n) is 17.2. The van der Waals surface area contributed by atoms with Gasteiger partial charge in [-0.25, -0.2) is 4.98 Å². The summed E-state index contributed by atoms with van der Waals surface area (Å²) in [5.41, 5.74) is 3.41. The Morgan fingerprint density at radius 1 is 1.24 bits per heavy atom. The molecule has 2 saturated heterocycles. The third-order valence-corrected chi connectivity index (χ3v) is 7.02. The number of nitrogens with one attached hydrogen (secondary N) is 1. The van der Waals surface area contributed by atoms with Gasteiger partial charge in [0.1, 0.15) is 0 Å². The lowest BCUT2D eigenvalue weighted by Crippen LogP contribution is -2.54. The Kier molecular flexibility index (Phi) is 5.96. The molecule has 0 aliphatic carbocycles. The van der Waals surface area contributed by atoms with Crippen LogP contribution in [0.5, 0.6) is 0 Å². The summed E-state index contributed by atoms with van der Waals surface area (Å²) < 4.78 is 0. The molecule has 1 atom stereocenters. The van der Waals surface area contributed by atoms with Crippen molar-refractivity contribution < 1.29 is 9.90 Å². The van der Waals surface area contributed by atoms with Gasteiger partial charge in [0.05, 0.1) is 18.4 Å². The minimum atomic E-state index is 0.149. The van der Waals surface area contributed by atoms with E-state index in [1.165, 1.54) is 0 Å². The van der Waals surface area contributed by atoms with Crippen LogP contribution in [0.2, 0.25) is 0 Å². The summed E-state index contributed by atoms with van der Waals surface area (Å²) in [7, 11) is 0. The number of aliphatic hydroxyl groups excluding tert-OH is 1. The van der Waals surface area contributed by atoms with E-state index in [1.807, 2.05) is 17.0 Å². The minimum absolute atomic E-state index is 0.149. The smallest absolute Gasteiger partial charge is 0.227 e. The summed E-state index contributed by atoms with van der Waals surface area (Å²) in [5.74, 6) is 0.308. The van der Waals surface area contributed by atoms with E-state index in [1.54, 1.807) is 18.7 Å². The Labute approximate surface area is 172 Å². The molecular weight excluding hydrogens is 366 g/mol. The summed E-state index contributed by atoms with van der Waals surface area (Å²) >= 11 is 0. The standard InChI is InChI=1S/C22H31N5O2/c1-17-20(25-16-24-17)14-26-9-4-22(5-10-26)6-11-27(13-19(22)15-28)21(29)12-18-2-7-23-8-3-18/h2-3,7-8,16,19,28H,4-6,9-15H2,1H3,(H,24,25)/t19-/m1/s1. The molecule has 7 heteroatoms. The van der Waals surface area contributed by atoms with Gasteiger partial charge in [-0.05, 0) is 62.4 Å². The van der Waals surface area contributed by atoms with E-state index in [9.17, 15) is 9.90 Å². The van der Waals surface area contributed by atoms with Crippen molar-refractivity contribution in [3.63, 3.8) is 0 Å². The fourth-order valence-corrected chi connectivity index (χ4v) is 4.95. The first-order chi connectivity index (χ1) is 14.1. The molecule has 2 aromatic rings. The zero-order valence-corrected chi connectivity index (χ0v) is 17.2. The van der Waals surface area contributed by atoms with E-state index < -0.39 is 0 Å². The summed E-state index contributed by atoms with van der Waals surface area (Å²) in [4.78, 5) is 28.8. The number of piperidine rings is 2. The fraction of sp³-hybridized carbons (Fsp3) is 0.591. The molecule has 4 rings (SSSR count). The van der Waals surface area contributed by atoms with Crippen LogP contribution < -0.4 is 0 Å². The Bertz CT molecular complexity index is 814. The molecule has 2 aromatic heterocycles. The number of rotatable bonds is 5. The molecule has 2 aliphatic rings. The van der Waals surface area contributed by atoms with Gasteiger partial charge in [0.15, 0.2) is 0 Å². The van der Waals surface area contributed by atoms with E-state index >= 15 is 0 Å². The third-order valence-electron chi connectivity index (χ3n) is 7.02. The second-order valence-corrected chi connectivity index (χ2v) is 8.61. The number of pyridine rings is 1. The first kappa shape index (κ1) is 20.0. The van der Waals surface area contributed by atoms with Gasteiger partial charge in [0, 0.05) is 50.2 Å². The van der Waals surface area contributed by atoms with Crippen LogP contribution in [0.25, 0.3) is 0 Å². The number of aliphatic hydroxyl groups is 1. The number of aromatic nitrogens is 3. The number of carbonyl (C=O) groups excluding carboxylic acids is 1. The summed E-state index contributed by atoms with van der Waals surface area (Å²) in [6, 6.07) is 3.79. The quantitative estimate of drug-likeness (QED) is 0.803. The molecule has 1 amide bonds. The Morgan fingerprint density at radius 3 is 2.62 bits per heavy atom. The molecule has 156 valence electrons. The maximum atomic E-state index is 12.8. The van der Waals surface area contributed by atoms with Crippen LogP contribution in [-0.4, -0.2) is 68.6 Å². The average molecular weight is 398 g/mol. The number of amides is 1. The molecule has 7 nitrogen and oxygen atoms in total. The van der Waals surface area contributed by atoms with Crippen molar-refractivity contribution in [3.8, 4) is 0 Å². The van der Waals surface area contributed by atoms with Crippen LogP contribution in [0.15, 0.2) is 30.9 Å². The first-order valence-corrected chi connectivity index (χ1v) is 10.6. The number of hydrogen-bond acceptors (Lipinski definition) is 5. The number of carbonyl (C=O) groups is 1. The molecule has 2 N–H and O–H groups in total. The maximum Gasteiger partial charge on any atom is 0.227 e. The molecule has 0 bridgehead atoms. The van der Waals surface area contributed by atoms with Crippen molar-refractivity contribution in [1.82, 2.24) is 24.8 Å². The predicted octanol–water partition coefficient (Wildman–Crippen LogP) is 1.78.